The molecule has 100 valence electrons. The highest BCUT2D eigenvalue weighted by Crippen LogP contribution is 2.30. The number of aromatic nitrogens is 2. The lowest BCUT2D eigenvalue weighted by Gasteiger charge is -2.22. The van der Waals surface area contributed by atoms with E-state index >= 15 is 0 Å². The van der Waals surface area contributed by atoms with Crippen LogP contribution in [0.5, 0.6) is 0 Å². The van der Waals surface area contributed by atoms with E-state index in [-0.39, 0.29) is 11.3 Å². The van der Waals surface area contributed by atoms with Gasteiger partial charge in [-0.05, 0) is 19.3 Å². The van der Waals surface area contributed by atoms with Crippen molar-refractivity contribution in [3.8, 4) is 0 Å². The number of carbonyl (C=O) groups excluding carboxylic acids is 1. The zero-order valence-corrected chi connectivity index (χ0v) is 11.2. The zero-order chi connectivity index (χ0) is 13.0. The van der Waals surface area contributed by atoms with Gasteiger partial charge in [0.1, 0.15) is 11.6 Å². The number of nitrogens with zero attached hydrogens (tertiary/aromatic N) is 2. The van der Waals surface area contributed by atoms with Crippen LogP contribution in [0.25, 0.3) is 0 Å². The molecule has 18 heavy (non-hydrogen) atoms. The van der Waals surface area contributed by atoms with Crippen LogP contribution in [-0.4, -0.2) is 20.9 Å². The zero-order valence-electron chi connectivity index (χ0n) is 11.2. The second-order valence-corrected chi connectivity index (χ2v) is 5.50. The van der Waals surface area contributed by atoms with Crippen molar-refractivity contribution in [2.24, 2.45) is 5.73 Å². The van der Waals surface area contributed by atoms with Gasteiger partial charge in [-0.1, -0.05) is 19.8 Å². The predicted octanol–water partition coefficient (Wildman–Crippen LogP) is 2.07. The first-order valence-corrected chi connectivity index (χ1v) is 6.93. The molecule has 1 aliphatic rings. The van der Waals surface area contributed by atoms with Crippen LogP contribution in [0, 0.1) is 0 Å². The van der Waals surface area contributed by atoms with Crippen LogP contribution in [0.3, 0.4) is 0 Å². The molecule has 1 fully saturated rings. The lowest BCUT2D eigenvalue weighted by atomic mass is 9.91. The third kappa shape index (κ3) is 3.19. The fourth-order valence-electron chi connectivity index (χ4n) is 2.84. The molecule has 2 N–H and O–H groups in total. The number of imidazole rings is 1. The molecule has 1 aromatic rings. The minimum absolute atomic E-state index is 0.225. The average Bonchev–Trinajstić information content (AvgIpc) is 2.89. The molecule has 1 aromatic heterocycles. The van der Waals surface area contributed by atoms with E-state index in [1.807, 2.05) is 6.20 Å². The van der Waals surface area contributed by atoms with E-state index in [4.69, 9.17) is 5.73 Å². The molecule has 0 unspecified atom stereocenters. The molecule has 1 heterocycles. The highest BCUT2D eigenvalue weighted by atomic mass is 16.1. The molecule has 4 heteroatoms. The third-order valence-electron chi connectivity index (χ3n) is 3.77. The predicted molar refractivity (Wildman–Crippen MR) is 71.2 cm³/mol. The summed E-state index contributed by atoms with van der Waals surface area (Å²) in [6.45, 7) is 3.05. The van der Waals surface area contributed by atoms with Gasteiger partial charge >= 0.3 is 0 Å². The molecular weight excluding hydrogens is 226 g/mol. The number of Topliss-reactive ketones (excluding diaryl/α,β-unsaturated/α-hetero) is 1. The van der Waals surface area contributed by atoms with Crippen LogP contribution in [-0.2, 0) is 17.8 Å². The van der Waals surface area contributed by atoms with E-state index in [0.29, 0.717) is 12.8 Å². The normalized spacial score (nSPS) is 18.1. The van der Waals surface area contributed by atoms with Crippen molar-refractivity contribution < 1.29 is 4.79 Å². The second-order valence-electron chi connectivity index (χ2n) is 5.50. The smallest absolute Gasteiger partial charge is 0.142 e. The monoisotopic (exact) mass is 249 g/mol. The first kappa shape index (κ1) is 13.3. The maximum atomic E-state index is 12.1. The maximum absolute atomic E-state index is 12.1. The van der Waals surface area contributed by atoms with E-state index in [1.165, 1.54) is 0 Å². The minimum atomic E-state index is -0.237. The number of hydrogen-bond acceptors (Lipinski definition) is 3. The number of nitrogens with two attached hydrogens (primary N) is 1. The number of aryl methyl sites for hydroxylation is 1. The summed E-state index contributed by atoms with van der Waals surface area (Å²) < 4.78 is 2.07. The molecule has 1 aliphatic carbocycles. The quantitative estimate of drug-likeness (QED) is 0.839. The summed E-state index contributed by atoms with van der Waals surface area (Å²) in [5.74, 6) is 1.10. The Labute approximate surface area is 109 Å². The van der Waals surface area contributed by atoms with E-state index in [0.717, 1.165) is 44.5 Å². The first-order chi connectivity index (χ1) is 8.63. The maximum Gasteiger partial charge on any atom is 0.142 e. The van der Waals surface area contributed by atoms with Gasteiger partial charge in [-0.25, -0.2) is 4.98 Å². The molecule has 1 saturated carbocycles. The van der Waals surface area contributed by atoms with Gasteiger partial charge in [-0.2, -0.15) is 0 Å². The molecule has 0 radical (unpaired) electrons. The standard InChI is InChI=1S/C14H23N3O/c1-2-8-17-9-7-16-13(17)10-12(18)11-14(15)5-3-4-6-14/h7,9H,2-6,8,10-11,15H2,1H3. The van der Waals surface area contributed by atoms with Crippen molar-refractivity contribution in [2.75, 3.05) is 0 Å². The molecule has 0 spiro atoms. The first-order valence-electron chi connectivity index (χ1n) is 6.93. The van der Waals surface area contributed by atoms with Crippen LogP contribution in [0.4, 0.5) is 0 Å². The Morgan fingerprint density at radius 1 is 1.50 bits per heavy atom. The van der Waals surface area contributed by atoms with E-state index in [1.54, 1.807) is 6.20 Å². The third-order valence-corrected chi connectivity index (χ3v) is 3.77. The SMILES string of the molecule is CCCn1ccnc1CC(=O)CC1(N)CCCC1. The largest absolute Gasteiger partial charge is 0.335 e. The van der Waals surface area contributed by atoms with Crippen LogP contribution in [0.15, 0.2) is 12.4 Å². The Balaban J connectivity index is 1.92. The van der Waals surface area contributed by atoms with Crippen molar-refractivity contribution in [3.63, 3.8) is 0 Å². The summed E-state index contributed by atoms with van der Waals surface area (Å²) >= 11 is 0. The molecule has 0 saturated heterocycles. The summed E-state index contributed by atoms with van der Waals surface area (Å²) in [4.78, 5) is 16.4. The molecular formula is C14H23N3O. The Kier molecular flexibility index (Phi) is 4.17. The van der Waals surface area contributed by atoms with Gasteiger partial charge in [0.05, 0.1) is 6.42 Å². The summed E-state index contributed by atoms with van der Waals surface area (Å²) in [5, 5.41) is 0. The summed E-state index contributed by atoms with van der Waals surface area (Å²) in [6.07, 6.45) is 10.00. The van der Waals surface area contributed by atoms with Gasteiger partial charge in [-0.15, -0.1) is 0 Å². The van der Waals surface area contributed by atoms with E-state index in [9.17, 15) is 4.79 Å². The molecule has 0 atom stereocenters. The van der Waals surface area contributed by atoms with Gasteiger partial charge in [0, 0.05) is 30.9 Å². The molecule has 0 amide bonds. The van der Waals surface area contributed by atoms with Crippen LogP contribution in [0.2, 0.25) is 0 Å². The number of rotatable bonds is 6. The van der Waals surface area contributed by atoms with Crippen LogP contribution >= 0.6 is 0 Å². The van der Waals surface area contributed by atoms with Crippen molar-refractivity contribution in [1.29, 1.82) is 0 Å². The highest BCUT2D eigenvalue weighted by molar-refractivity contribution is 5.81. The van der Waals surface area contributed by atoms with Gasteiger partial charge in [-0.3, -0.25) is 4.79 Å². The Bertz CT molecular complexity index is 405. The Morgan fingerprint density at radius 3 is 2.89 bits per heavy atom. The highest BCUT2D eigenvalue weighted by Gasteiger charge is 2.31. The van der Waals surface area contributed by atoms with Crippen LogP contribution < -0.4 is 5.73 Å². The molecule has 0 aliphatic heterocycles. The lowest BCUT2D eigenvalue weighted by Crippen LogP contribution is -2.39. The van der Waals surface area contributed by atoms with Crippen LogP contribution in [0.1, 0.15) is 51.3 Å². The number of hydrogen-bond donors (Lipinski definition) is 1. The van der Waals surface area contributed by atoms with Gasteiger partial charge < -0.3 is 10.3 Å². The van der Waals surface area contributed by atoms with Gasteiger partial charge in [0.2, 0.25) is 0 Å². The van der Waals surface area contributed by atoms with Crippen molar-refractivity contribution >= 4 is 5.78 Å². The number of carbonyl (C=O) groups is 1. The summed E-state index contributed by atoms with van der Waals surface area (Å²) in [7, 11) is 0. The average molecular weight is 249 g/mol. The summed E-state index contributed by atoms with van der Waals surface area (Å²) in [6, 6.07) is 0. The van der Waals surface area contributed by atoms with E-state index in [2.05, 4.69) is 16.5 Å². The minimum Gasteiger partial charge on any atom is -0.335 e. The molecule has 2 rings (SSSR count). The molecule has 0 aromatic carbocycles. The second kappa shape index (κ2) is 5.65. The Morgan fingerprint density at radius 2 is 2.22 bits per heavy atom. The van der Waals surface area contributed by atoms with Crippen molar-refractivity contribution in [1.82, 2.24) is 9.55 Å². The van der Waals surface area contributed by atoms with Gasteiger partial charge in [0.25, 0.3) is 0 Å². The van der Waals surface area contributed by atoms with Gasteiger partial charge in [0.15, 0.2) is 0 Å². The topological polar surface area (TPSA) is 60.9 Å². The number of ketones is 1. The molecule has 0 bridgehead atoms. The fraction of sp³-hybridized carbons (Fsp3) is 0.714. The fourth-order valence-corrected chi connectivity index (χ4v) is 2.84. The van der Waals surface area contributed by atoms with Crippen molar-refractivity contribution in [3.05, 3.63) is 18.2 Å². The summed E-state index contributed by atoms with van der Waals surface area (Å²) in [5.41, 5.74) is 6.00. The lowest BCUT2D eigenvalue weighted by molar-refractivity contribution is -0.119. The van der Waals surface area contributed by atoms with E-state index < -0.39 is 0 Å². The molecule has 4 nitrogen and oxygen atoms in total. The van der Waals surface area contributed by atoms with Crippen molar-refractivity contribution in [2.45, 2.75) is 64.0 Å². The Hall–Kier alpha value is -1.16.